The number of nitrogen functional groups attached to an aromatic ring is 1. The van der Waals surface area contributed by atoms with Crippen LogP contribution in [0.4, 0.5) is 5.82 Å². The number of nitrogens with two attached hydrogens (primary N) is 1. The highest BCUT2D eigenvalue weighted by molar-refractivity contribution is 7.99. The minimum Gasteiger partial charge on any atom is -0.384 e. The molecule has 0 radical (unpaired) electrons. The van der Waals surface area contributed by atoms with Crippen LogP contribution in [0.25, 0.3) is 0 Å². The van der Waals surface area contributed by atoms with Gasteiger partial charge in [-0.2, -0.15) is 0 Å². The third kappa shape index (κ3) is 3.31. The predicted molar refractivity (Wildman–Crippen MR) is 97.6 cm³/mol. The van der Waals surface area contributed by atoms with Crippen molar-refractivity contribution in [2.45, 2.75) is 24.9 Å². The molecule has 1 aromatic heterocycles. The van der Waals surface area contributed by atoms with Gasteiger partial charge in [0.15, 0.2) is 5.78 Å². The zero-order valence-electron chi connectivity index (χ0n) is 14.2. The number of aromatic nitrogens is 2. The van der Waals surface area contributed by atoms with Crippen LogP contribution >= 0.6 is 11.8 Å². The Balaban J connectivity index is 2.28. The lowest BCUT2D eigenvalue weighted by Gasteiger charge is -2.15. The van der Waals surface area contributed by atoms with Crippen molar-refractivity contribution in [2.75, 3.05) is 5.73 Å². The molecular weight excluding hydrogens is 326 g/mol. The number of aryl methyl sites for hydroxylation is 1. The second-order valence-corrected chi connectivity index (χ2v) is 7.04. The number of Topliss-reactive ketones (excluding diaryl/α,β-unsaturated/α-hetero) is 1. The topological polar surface area (TPSA) is 87.1 Å². The maximum absolute atomic E-state index is 12.7. The number of benzene rings is 1. The first kappa shape index (κ1) is 18.1. The Morgan fingerprint density at radius 2 is 1.83 bits per heavy atom. The van der Waals surface area contributed by atoms with Crippen LogP contribution in [0.3, 0.4) is 0 Å². The molecule has 2 aromatic rings. The third-order valence-corrected chi connectivity index (χ3v) is 5.27. The fraction of sp³-hybridized carbons (Fsp3) is 0.353. The molecule has 0 saturated heterocycles. The monoisotopic (exact) mass is 347 g/mol. The summed E-state index contributed by atoms with van der Waals surface area (Å²) >= 11 is 1.44. The molecule has 7 heteroatoms. The number of rotatable bonds is 5. The van der Waals surface area contributed by atoms with Gasteiger partial charge in [-0.05, 0) is 25.0 Å². The fourth-order valence-electron chi connectivity index (χ4n) is 2.36. The van der Waals surface area contributed by atoms with Gasteiger partial charge in [-0.3, -0.25) is 18.7 Å². The molecule has 0 fully saturated rings. The van der Waals surface area contributed by atoms with Crippen LogP contribution < -0.4 is 17.0 Å². The van der Waals surface area contributed by atoms with Crippen molar-refractivity contribution in [1.29, 1.82) is 0 Å². The molecule has 2 rings (SSSR count). The molecule has 1 atom stereocenters. The van der Waals surface area contributed by atoms with Crippen molar-refractivity contribution in [2.24, 2.45) is 14.1 Å². The first-order valence-electron chi connectivity index (χ1n) is 7.51. The average molecular weight is 347 g/mol. The van der Waals surface area contributed by atoms with Crippen LogP contribution in [0.2, 0.25) is 0 Å². The van der Waals surface area contributed by atoms with Crippen LogP contribution in [0.1, 0.15) is 28.4 Å². The average Bonchev–Trinajstić information content (AvgIpc) is 2.57. The number of nitrogens with zero attached hydrogens (tertiary/aromatic N) is 2. The Morgan fingerprint density at radius 3 is 2.46 bits per heavy atom. The van der Waals surface area contributed by atoms with Crippen molar-refractivity contribution in [3.63, 3.8) is 0 Å². The maximum Gasteiger partial charge on any atom is 0.332 e. The number of anilines is 1. The Hall–Kier alpha value is -2.28. The first-order valence-corrected chi connectivity index (χ1v) is 8.56. The largest absolute Gasteiger partial charge is 0.384 e. The van der Waals surface area contributed by atoms with Gasteiger partial charge in [-0.15, -0.1) is 11.8 Å². The van der Waals surface area contributed by atoms with Gasteiger partial charge in [0.05, 0.1) is 5.25 Å². The Bertz CT molecular complexity index is 899. The number of thioether (sulfide) groups is 1. The van der Waals surface area contributed by atoms with Gasteiger partial charge >= 0.3 is 5.69 Å². The molecule has 0 aliphatic carbocycles. The highest BCUT2D eigenvalue weighted by Gasteiger charge is 2.25. The maximum atomic E-state index is 12.7. The highest BCUT2D eigenvalue weighted by Crippen LogP contribution is 2.23. The highest BCUT2D eigenvalue weighted by atomic mass is 32.2. The van der Waals surface area contributed by atoms with Gasteiger partial charge in [0.1, 0.15) is 11.4 Å². The van der Waals surface area contributed by atoms with Gasteiger partial charge in [-0.1, -0.05) is 24.3 Å². The SMILES string of the molecule is Cc1ccccc1CSC(C)C(=O)c1c(N)n(C)c(=O)n(C)c1=O. The summed E-state index contributed by atoms with van der Waals surface area (Å²) in [4.78, 5) is 36.8. The zero-order valence-corrected chi connectivity index (χ0v) is 15.0. The fourth-order valence-corrected chi connectivity index (χ4v) is 3.38. The molecule has 0 saturated carbocycles. The lowest BCUT2D eigenvalue weighted by molar-refractivity contribution is 0.0992. The standard InChI is InChI=1S/C17H21N3O3S/c1-10-7-5-6-8-12(10)9-24-11(2)14(21)13-15(18)19(3)17(23)20(4)16(13)22/h5-8,11H,9,18H2,1-4H3. The summed E-state index contributed by atoms with van der Waals surface area (Å²) in [6, 6.07) is 7.95. The van der Waals surface area contributed by atoms with Crippen LogP contribution in [0.15, 0.2) is 33.9 Å². The second-order valence-electron chi connectivity index (χ2n) is 5.71. The predicted octanol–water partition coefficient (Wildman–Crippen LogP) is 1.48. The van der Waals surface area contributed by atoms with E-state index in [0.717, 1.165) is 20.3 Å². The van der Waals surface area contributed by atoms with Gasteiger partial charge in [-0.25, -0.2) is 4.79 Å². The Morgan fingerprint density at radius 1 is 1.21 bits per heavy atom. The summed E-state index contributed by atoms with van der Waals surface area (Å²) < 4.78 is 2.02. The molecule has 0 amide bonds. The molecule has 128 valence electrons. The zero-order chi connectivity index (χ0) is 18.0. The molecule has 0 aliphatic heterocycles. The number of ketones is 1. The van der Waals surface area contributed by atoms with Crippen molar-refractivity contribution in [3.05, 3.63) is 61.8 Å². The number of hydrogen-bond acceptors (Lipinski definition) is 5. The summed E-state index contributed by atoms with van der Waals surface area (Å²) in [6.45, 7) is 3.76. The van der Waals surface area contributed by atoms with E-state index in [4.69, 9.17) is 5.73 Å². The molecule has 0 bridgehead atoms. The van der Waals surface area contributed by atoms with E-state index in [9.17, 15) is 14.4 Å². The van der Waals surface area contributed by atoms with Gasteiger partial charge in [0, 0.05) is 19.8 Å². The van der Waals surface area contributed by atoms with Crippen LogP contribution in [0, 0.1) is 6.92 Å². The van der Waals surface area contributed by atoms with E-state index in [2.05, 4.69) is 0 Å². The second kappa shape index (κ2) is 7.09. The van der Waals surface area contributed by atoms with E-state index >= 15 is 0 Å². The molecule has 0 spiro atoms. The quantitative estimate of drug-likeness (QED) is 0.828. The minimum absolute atomic E-state index is 0.0866. The Labute approximate surface area is 144 Å². The molecule has 1 aromatic carbocycles. The van der Waals surface area contributed by atoms with E-state index in [1.165, 1.54) is 25.9 Å². The van der Waals surface area contributed by atoms with Crippen LogP contribution in [-0.2, 0) is 19.8 Å². The summed E-state index contributed by atoms with van der Waals surface area (Å²) in [5.41, 5.74) is 6.82. The van der Waals surface area contributed by atoms with E-state index in [-0.39, 0.29) is 17.2 Å². The van der Waals surface area contributed by atoms with Crippen LogP contribution in [0.5, 0.6) is 0 Å². The van der Waals surface area contributed by atoms with Gasteiger partial charge in [0.2, 0.25) is 0 Å². The molecule has 6 nitrogen and oxygen atoms in total. The van der Waals surface area contributed by atoms with Gasteiger partial charge in [0.25, 0.3) is 5.56 Å². The van der Waals surface area contributed by atoms with Crippen molar-refractivity contribution < 1.29 is 4.79 Å². The van der Waals surface area contributed by atoms with Crippen LogP contribution in [-0.4, -0.2) is 20.2 Å². The van der Waals surface area contributed by atoms with Crippen molar-refractivity contribution in [3.8, 4) is 0 Å². The smallest absolute Gasteiger partial charge is 0.332 e. The normalized spacial score (nSPS) is 12.2. The van der Waals surface area contributed by atoms with Gasteiger partial charge < -0.3 is 5.73 Å². The summed E-state index contributed by atoms with van der Waals surface area (Å²) in [5.74, 6) is 0.213. The lowest BCUT2D eigenvalue weighted by atomic mass is 10.1. The number of carbonyl (C=O) groups excluding carboxylic acids is 1. The van der Waals surface area contributed by atoms with Crippen molar-refractivity contribution >= 4 is 23.4 Å². The molecule has 2 N–H and O–H groups in total. The first-order chi connectivity index (χ1) is 11.3. The molecule has 1 heterocycles. The van der Waals surface area contributed by atoms with Crippen molar-refractivity contribution in [1.82, 2.24) is 9.13 Å². The van der Waals surface area contributed by atoms with E-state index in [0.29, 0.717) is 5.75 Å². The summed E-state index contributed by atoms with van der Waals surface area (Å²) in [5, 5.41) is -0.447. The molecule has 24 heavy (non-hydrogen) atoms. The number of carbonyl (C=O) groups is 1. The van der Waals surface area contributed by atoms with E-state index in [1.807, 2.05) is 31.2 Å². The summed E-state index contributed by atoms with van der Waals surface area (Å²) in [6.07, 6.45) is 0. The van der Waals surface area contributed by atoms with E-state index in [1.54, 1.807) is 6.92 Å². The summed E-state index contributed by atoms with van der Waals surface area (Å²) in [7, 11) is 2.78. The Kier molecular flexibility index (Phi) is 5.33. The lowest BCUT2D eigenvalue weighted by Crippen LogP contribution is -2.42. The molecule has 0 aliphatic rings. The molecular formula is C17H21N3O3S. The third-order valence-electron chi connectivity index (χ3n) is 4.08. The number of hydrogen-bond donors (Lipinski definition) is 1. The minimum atomic E-state index is -0.649. The van der Waals surface area contributed by atoms with E-state index < -0.39 is 16.5 Å². The molecule has 1 unspecified atom stereocenters.